The Morgan fingerprint density at radius 3 is 2.47 bits per heavy atom. The quantitative estimate of drug-likeness (QED) is 0.714. The monoisotopic (exact) mass is 253 g/mol. The predicted octanol–water partition coefficient (Wildman–Crippen LogP) is 1.61. The van der Waals surface area contributed by atoms with Crippen LogP contribution in [0.4, 0.5) is 23.2 Å². The molecule has 1 aromatic rings. The van der Waals surface area contributed by atoms with Crippen molar-refractivity contribution in [2.45, 2.75) is 12.3 Å². The topological polar surface area (TPSA) is 52.5 Å². The minimum atomic E-state index is -4.56. The van der Waals surface area contributed by atoms with Gasteiger partial charge in [-0.05, 0) is 18.2 Å². The summed E-state index contributed by atoms with van der Waals surface area (Å²) >= 11 is 0. The van der Waals surface area contributed by atoms with E-state index in [4.69, 9.17) is 10.2 Å². The van der Waals surface area contributed by atoms with Crippen molar-refractivity contribution in [3.05, 3.63) is 29.6 Å². The summed E-state index contributed by atoms with van der Waals surface area (Å²) in [7, 11) is 0. The highest BCUT2D eigenvalue weighted by molar-refractivity contribution is 5.48. The Kier molecular flexibility index (Phi) is 4.30. The van der Waals surface area contributed by atoms with Gasteiger partial charge in [0.1, 0.15) is 5.82 Å². The molecule has 0 heterocycles. The number of hydrogen-bond acceptors (Lipinski definition) is 3. The van der Waals surface area contributed by atoms with Crippen LogP contribution in [0.1, 0.15) is 5.56 Å². The third-order valence-electron chi connectivity index (χ3n) is 2.03. The van der Waals surface area contributed by atoms with E-state index in [-0.39, 0.29) is 12.2 Å². The Hall–Kier alpha value is -1.34. The summed E-state index contributed by atoms with van der Waals surface area (Å²) < 4.78 is 50.1. The van der Waals surface area contributed by atoms with Crippen molar-refractivity contribution in [2.24, 2.45) is 0 Å². The molecule has 1 atom stereocenters. The molecule has 0 spiro atoms. The number of benzene rings is 1. The van der Waals surface area contributed by atoms with Crippen LogP contribution in [-0.4, -0.2) is 29.5 Å². The van der Waals surface area contributed by atoms with Crippen LogP contribution in [0, 0.1) is 5.82 Å². The van der Waals surface area contributed by atoms with Gasteiger partial charge in [0, 0.05) is 6.54 Å². The number of alkyl halides is 3. The van der Waals surface area contributed by atoms with Gasteiger partial charge in [-0.1, -0.05) is 0 Å². The molecule has 3 N–H and O–H groups in total. The minimum absolute atomic E-state index is 0.241. The van der Waals surface area contributed by atoms with Crippen molar-refractivity contribution in [2.75, 3.05) is 18.5 Å². The van der Waals surface area contributed by atoms with Crippen LogP contribution in [0.25, 0.3) is 0 Å². The summed E-state index contributed by atoms with van der Waals surface area (Å²) in [6.07, 6.45) is -5.72. The Balaban J connectivity index is 2.84. The van der Waals surface area contributed by atoms with E-state index in [1.54, 1.807) is 0 Å². The molecule has 96 valence electrons. The van der Waals surface area contributed by atoms with Gasteiger partial charge in [0.15, 0.2) is 0 Å². The van der Waals surface area contributed by atoms with Crippen LogP contribution in [0.5, 0.6) is 0 Å². The molecule has 0 saturated heterocycles. The smallest absolute Gasteiger partial charge is 0.394 e. The fourth-order valence-corrected chi connectivity index (χ4v) is 1.13. The molecule has 0 amide bonds. The molecule has 17 heavy (non-hydrogen) atoms. The fourth-order valence-electron chi connectivity index (χ4n) is 1.13. The first-order chi connectivity index (χ1) is 7.84. The lowest BCUT2D eigenvalue weighted by Gasteiger charge is -2.13. The van der Waals surface area contributed by atoms with Crippen molar-refractivity contribution in [1.82, 2.24) is 0 Å². The molecule has 0 aromatic heterocycles. The molecule has 1 unspecified atom stereocenters. The second kappa shape index (κ2) is 5.33. The lowest BCUT2D eigenvalue weighted by atomic mass is 10.2. The van der Waals surface area contributed by atoms with Crippen LogP contribution in [0.15, 0.2) is 18.2 Å². The van der Waals surface area contributed by atoms with E-state index < -0.39 is 30.3 Å². The summed E-state index contributed by atoms with van der Waals surface area (Å²) in [4.78, 5) is 0. The van der Waals surface area contributed by atoms with Crippen LogP contribution >= 0.6 is 0 Å². The zero-order chi connectivity index (χ0) is 13.1. The molecule has 0 saturated carbocycles. The molecule has 0 aliphatic carbocycles. The van der Waals surface area contributed by atoms with Gasteiger partial charge in [0.25, 0.3) is 0 Å². The number of anilines is 1. The van der Waals surface area contributed by atoms with Crippen molar-refractivity contribution in [1.29, 1.82) is 0 Å². The number of rotatable bonds is 4. The van der Waals surface area contributed by atoms with Gasteiger partial charge in [-0.2, -0.15) is 13.2 Å². The second-order valence-corrected chi connectivity index (χ2v) is 3.41. The van der Waals surface area contributed by atoms with E-state index in [0.29, 0.717) is 18.2 Å². The van der Waals surface area contributed by atoms with Crippen molar-refractivity contribution in [3.63, 3.8) is 0 Å². The highest BCUT2D eigenvalue weighted by Crippen LogP contribution is 2.31. The predicted molar refractivity (Wildman–Crippen MR) is 53.0 cm³/mol. The number of nitrogens with one attached hydrogen (secondary N) is 1. The van der Waals surface area contributed by atoms with Crippen LogP contribution in [0.3, 0.4) is 0 Å². The molecule has 3 nitrogen and oxygen atoms in total. The van der Waals surface area contributed by atoms with Crippen molar-refractivity contribution >= 4 is 5.69 Å². The summed E-state index contributed by atoms with van der Waals surface area (Å²) in [5.74, 6) is -0.858. The van der Waals surface area contributed by atoms with E-state index in [1.165, 1.54) is 0 Å². The zero-order valence-corrected chi connectivity index (χ0v) is 8.63. The molecule has 0 fully saturated rings. The van der Waals surface area contributed by atoms with E-state index in [0.717, 1.165) is 0 Å². The normalized spacial score (nSPS) is 13.5. The average molecular weight is 253 g/mol. The summed E-state index contributed by atoms with van der Waals surface area (Å²) in [5, 5.41) is 19.8. The molecule has 1 rings (SSSR count). The summed E-state index contributed by atoms with van der Waals surface area (Å²) in [6, 6.07) is 1.93. The SMILES string of the molecule is OCC(O)CNc1cc(C(F)(F)F)ccc1F. The molecule has 7 heteroatoms. The average Bonchev–Trinajstić information content (AvgIpc) is 2.26. The number of aliphatic hydroxyl groups excluding tert-OH is 2. The first-order valence-corrected chi connectivity index (χ1v) is 4.74. The van der Waals surface area contributed by atoms with Crippen molar-refractivity contribution in [3.8, 4) is 0 Å². The van der Waals surface area contributed by atoms with Gasteiger partial charge in [0.2, 0.25) is 0 Å². The van der Waals surface area contributed by atoms with E-state index in [1.807, 2.05) is 0 Å². The molecule has 0 radical (unpaired) electrons. The van der Waals surface area contributed by atoms with Crippen LogP contribution in [0.2, 0.25) is 0 Å². The van der Waals surface area contributed by atoms with Gasteiger partial charge in [-0.3, -0.25) is 0 Å². The molecule has 1 aromatic carbocycles. The van der Waals surface area contributed by atoms with E-state index in [2.05, 4.69) is 5.32 Å². The van der Waals surface area contributed by atoms with Crippen molar-refractivity contribution < 1.29 is 27.8 Å². The first-order valence-electron chi connectivity index (χ1n) is 4.74. The second-order valence-electron chi connectivity index (χ2n) is 3.41. The Morgan fingerprint density at radius 2 is 1.94 bits per heavy atom. The van der Waals surface area contributed by atoms with Gasteiger partial charge >= 0.3 is 6.18 Å². The van der Waals surface area contributed by atoms with E-state index >= 15 is 0 Å². The maximum atomic E-state index is 13.1. The van der Waals surface area contributed by atoms with Gasteiger partial charge < -0.3 is 15.5 Å². The Labute approximate surface area is 94.7 Å². The summed E-state index contributed by atoms with van der Waals surface area (Å²) in [5.41, 5.74) is -1.35. The summed E-state index contributed by atoms with van der Waals surface area (Å²) in [6.45, 7) is -0.803. The molecule has 0 aliphatic rings. The first kappa shape index (κ1) is 13.7. The number of halogens is 4. The zero-order valence-electron chi connectivity index (χ0n) is 8.63. The number of hydrogen-bond donors (Lipinski definition) is 3. The minimum Gasteiger partial charge on any atom is -0.394 e. The van der Waals surface area contributed by atoms with Crippen LogP contribution in [-0.2, 0) is 6.18 Å². The lowest BCUT2D eigenvalue weighted by molar-refractivity contribution is -0.137. The molecular formula is C10H11F4NO2. The number of aliphatic hydroxyl groups is 2. The van der Waals surface area contributed by atoms with Gasteiger partial charge in [-0.15, -0.1) is 0 Å². The highest BCUT2D eigenvalue weighted by Gasteiger charge is 2.31. The molecule has 0 aliphatic heterocycles. The molecule has 0 bridgehead atoms. The maximum Gasteiger partial charge on any atom is 0.416 e. The Morgan fingerprint density at radius 1 is 1.29 bits per heavy atom. The standard InChI is InChI=1S/C10H11F4NO2/c11-8-2-1-6(10(12,13)14)3-9(8)15-4-7(17)5-16/h1-3,7,15-17H,4-5H2. The van der Waals surface area contributed by atoms with Crippen LogP contribution < -0.4 is 5.32 Å². The third kappa shape index (κ3) is 3.86. The highest BCUT2D eigenvalue weighted by atomic mass is 19.4. The van der Waals surface area contributed by atoms with E-state index in [9.17, 15) is 17.6 Å². The third-order valence-corrected chi connectivity index (χ3v) is 2.03. The Bertz CT molecular complexity index is 381. The molecular weight excluding hydrogens is 242 g/mol. The maximum absolute atomic E-state index is 13.1. The van der Waals surface area contributed by atoms with Gasteiger partial charge in [-0.25, -0.2) is 4.39 Å². The lowest BCUT2D eigenvalue weighted by Crippen LogP contribution is -2.23. The fraction of sp³-hybridized carbons (Fsp3) is 0.400. The van der Waals surface area contributed by atoms with Gasteiger partial charge in [0.05, 0.1) is 24.0 Å². The largest absolute Gasteiger partial charge is 0.416 e.